The highest BCUT2D eigenvalue weighted by atomic mass is 16.2. The van der Waals surface area contributed by atoms with Crippen molar-refractivity contribution in [3.05, 3.63) is 0 Å². The number of nitrogens with one attached hydrogen (secondary N) is 2. The third-order valence-electron chi connectivity index (χ3n) is 4.08. The Morgan fingerprint density at radius 1 is 1.25 bits per heavy atom. The van der Waals surface area contributed by atoms with Crippen molar-refractivity contribution >= 4 is 5.91 Å². The molecule has 0 aromatic carbocycles. The van der Waals surface area contributed by atoms with Crippen molar-refractivity contribution in [3.8, 4) is 0 Å². The second-order valence-electron chi connectivity index (χ2n) is 5.52. The molecule has 3 heteroatoms. The summed E-state index contributed by atoms with van der Waals surface area (Å²) in [6, 6.07) is 0.0857. The van der Waals surface area contributed by atoms with Gasteiger partial charge in [0.25, 0.3) is 0 Å². The van der Waals surface area contributed by atoms with Crippen molar-refractivity contribution < 1.29 is 4.79 Å². The van der Waals surface area contributed by atoms with Crippen LogP contribution in [0.3, 0.4) is 0 Å². The SMILES string of the molecule is CC1CCC(CNC(=O)[C@H]2CCCN2)CC1. The smallest absolute Gasteiger partial charge is 0.237 e. The van der Waals surface area contributed by atoms with E-state index in [4.69, 9.17) is 0 Å². The van der Waals surface area contributed by atoms with E-state index in [0.717, 1.165) is 37.8 Å². The summed E-state index contributed by atoms with van der Waals surface area (Å²) in [4.78, 5) is 11.8. The summed E-state index contributed by atoms with van der Waals surface area (Å²) in [7, 11) is 0. The zero-order chi connectivity index (χ0) is 11.4. The van der Waals surface area contributed by atoms with Crippen LogP contribution in [-0.4, -0.2) is 25.0 Å². The lowest BCUT2D eigenvalue weighted by molar-refractivity contribution is -0.123. The number of carbonyl (C=O) groups is 1. The predicted molar refractivity (Wildman–Crippen MR) is 65.2 cm³/mol. The van der Waals surface area contributed by atoms with Gasteiger partial charge in [-0.2, -0.15) is 0 Å². The first-order valence-corrected chi connectivity index (χ1v) is 6.77. The van der Waals surface area contributed by atoms with Crippen molar-refractivity contribution in [1.82, 2.24) is 10.6 Å². The van der Waals surface area contributed by atoms with Gasteiger partial charge in [0, 0.05) is 6.54 Å². The molecule has 2 N–H and O–H groups in total. The lowest BCUT2D eigenvalue weighted by Gasteiger charge is -2.26. The normalized spacial score (nSPS) is 34.9. The van der Waals surface area contributed by atoms with Gasteiger partial charge in [-0.3, -0.25) is 4.79 Å². The molecular weight excluding hydrogens is 200 g/mol. The quantitative estimate of drug-likeness (QED) is 0.766. The molecule has 16 heavy (non-hydrogen) atoms. The number of hydrogen-bond acceptors (Lipinski definition) is 2. The Bertz CT molecular complexity index is 228. The van der Waals surface area contributed by atoms with E-state index in [1.54, 1.807) is 0 Å². The van der Waals surface area contributed by atoms with E-state index < -0.39 is 0 Å². The molecule has 1 aliphatic carbocycles. The Morgan fingerprint density at radius 2 is 2.00 bits per heavy atom. The molecule has 1 saturated heterocycles. The fourth-order valence-corrected chi connectivity index (χ4v) is 2.81. The summed E-state index contributed by atoms with van der Waals surface area (Å²) in [5.41, 5.74) is 0. The largest absolute Gasteiger partial charge is 0.354 e. The molecule has 1 saturated carbocycles. The Hall–Kier alpha value is -0.570. The summed E-state index contributed by atoms with van der Waals surface area (Å²) in [5.74, 6) is 1.83. The Kier molecular flexibility index (Phi) is 4.22. The summed E-state index contributed by atoms with van der Waals surface area (Å²) in [6.45, 7) is 4.22. The van der Waals surface area contributed by atoms with Crippen LogP contribution in [0, 0.1) is 11.8 Å². The molecular formula is C13H24N2O. The van der Waals surface area contributed by atoms with Crippen LogP contribution in [0.1, 0.15) is 45.4 Å². The molecule has 0 aromatic rings. The molecule has 0 unspecified atom stereocenters. The number of amides is 1. The maximum absolute atomic E-state index is 11.8. The van der Waals surface area contributed by atoms with Crippen LogP contribution in [0.2, 0.25) is 0 Å². The van der Waals surface area contributed by atoms with Crippen LogP contribution >= 0.6 is 0 Å². The monoisotopic (exact) mass is 224 g/mol. The van der Waals surface area contributed by atoms with E-state index in [2.05, 4.69) is 17.6 Å². The summed E-state index contributed by atoms with van der Waals surface area (Å²) in [6.07, 6.45) is 7.40. The van der Waals surface area contributed by atoms with Gasteiger partial charge in [0.1, 0.15) is 0 Å². The minimum atomic E-state index is 0.0857. The second-order valence-corrected chi connectivity index (χ2v) is 5.52. The van der Waals surface area contributed by atoms with Gasteiger partial charge in [-0.05, 0) is 44.1 Å². The molecule has 1 atom stereocenters. The fourth-order valence-electron chi connectivity index (χ4n) is 2.81. The van der Waals surface area contributed by atoms with Crippen molar-refractivity contribution in [2.45, 2.75) is 51.5 Å². The van der Waals surface area contributed by atoms with E-state index >= 15 is 0 Å². The van der Waals surface area contributed by atoms with Gasteiger partial charge in [0.2, 0.25) is 5.91 Å². The molecule has 0 aromatic heterocycles. The highest BCUT2D eigenvalue weighted by molar-refractivity contribution is 5.81. The lowest BCUT2D eigenvalue weighted by atomic mass is 9.83. The molecule has 0 radical (unpaired) electrons. The van der Waals surface area contributed by atoms with Gasteiger partial charge in [-0.15, -0.1) is 0 Å². The molecule has 0 spiro atoms. The van der Waals surface area contributed by atoms with Crippen LogP contribution in [0.4, 0.5) is 0 Å². The first kappa shape index (κ1) is 11.9. The lowest BCUT2D eigenvalue weighted by Crippen LogP contribution is -2.42. The second kappa shape index (κ2) is 5.67. The third-order valence-corrected chi connectivity index (χ3v) is 4.08. The first-order chi connectivity index (χ1) is 7.75. The molecule has 92 valence electrons. The van der Waals surface area contributed by atoms with Crippen LogP contribution in [0.5, 0.6) is 0 Å². The Balaban J connectivity index is 1.65. The van der Waals surface area contributed by atoms with Crippen LogP contribution < -0.4 is 10.6 Å². The highest BCUT2D eigenvalue weighted by Crippen LogP contribution is 2.27. The Morgan fingerprint density at radius 3 is 2.62 bits per heavy atom. The molecule has 0 bridgehead atoms. The van der Waals surface area contributed by atoms with Crippen molar-refractivity contribution in [2.75, 3.05) is 13.1 Å². The minimum absolute atomic E-state index is 0.0857. The number of hydrogen-bond donors (Lipinski definition) is 2. The van der Waals surface area contributed by atoms with E-state index in [0.29, 0.717) is 0 Å². The topological polar surface area (TPSA) is 41.1 Å². The van der Waals surface area contributed by atoms with Gasteiger partial charge in [0.05, 0.1) is 6.04 Å². The summed E-state index contributed by atoms with van der Waals surface area (Å²) >= 11 is 0. The van der Waals surface area contributed by atoms with Crippen LogP contribution in [0.15, 0.2) is 0 Å². The van der Waals surface area contributed by atoms with Gasteiger partial charge in [-0.1, -0.05) is 19.8 Å². The van der Waals surface area contributed by atoms with Gasteiger partial charge < -0.3 is 10.6 Å². The average Bonchev–Trinajstić information content (AvgIpc) is 2.81. The zero-order valence-electron chi connectivity index (χ0n) is 10.3. The van der Waals surface area contributed by atoms with Crippen molar-refractivity contribution in [3.63, 3.8) is 0 Å². The maximum Gasteiger partial charge on any atom is 0.237 e. The van der Waals surface area contributed by atoms with E-state index in [1.165, 1.54) is 25.7 Å². The van der Waals surface area contributed by atoms with Gasteiger partial charge >= 0.3 is 0 Å². The van der Waals surface area contributed by atoms with E-state index in [9.17, 15) is 4.79 Å². The fraction of sp³-hybridized carbons (Fsp3) is 0.923. The molecule has 2 aliphatic rings. The standard InChI is InChI=1S/C13H24N2O/c1-10-4-6-11(7-5-10)9-15-13(16)12-3-2-8-14-12/h10-12,14H,2-9H2,1H3,(H,15,16)/t10?,11?,12-/m1/s1. The molecule has 2 fully saturated rings. The molecule has 1 aliphatic heterocycles. The first-order valence-electron chi connectivity index (χ1n) is 6.77. The minimum Gasteiger partial charge on any atom is -0.354 e. The predicted octanol–water partition coefficient (Wildman–Crippen LogP) is 1.68. The molecule has 1 amide bonds. The third kappa shape index (κ3) is 3.21. The van der Waals surface area contributed by atoms with Crippen LogP contribution in [-0.2, 0) is 4.79 Å². The zero-order valence-corrected chi connectivity index (χ0v) is 10.3. The van der Waals surface area contributed by atoms with E-state index in [1.807, 2.05) is 0 Å². The molecule has 3 nitrogen and oxygen atoms in total. The molecule has 1 heterocycles. The van der Waals surface area contributed by atoms with Gasteiger partial charge in [0.15, 0.2) is 0 Å². The van der Waals surface area contributed by atoms with E-state index in [-0.39, 0.29) is 11.9 Å². The number of rotatable bonds is 3. The van der Waals surface area contributed by atoms with Crippen LogP contribution in [0.25, 0.3) is 0 Å². The van der Waals surface area contributed by atoms with Crippen molar-refractivity contribution in [2.24, 2.45) is 11.8 Å². The van der Waals surface area contributed by atoms with Crippen molar-refractivity contribution in [1.29, 1.82) is 0 Å². The summed E-state index contributed by atoms with van der Waals surface area (Å²) < 4.78 is 0. The highest BCUT2D eigenvalue weighted by Gasteiger charge is 2.23. The van der Waals surface area contributed by atoms with Gasteiger partial charge in [-0.25, -0.2) is 0 Å². The summed E-state index contributed by atoms with van der Waals surface area (Å²) in [5, 5.41) is 6.35. The molecule has 2 rings (SSSR count). The maximum atomic E-state index is 11.8. The average molecular weight is 224 g/mol. The number of carbonyl (C=O) groups excluding carboxylic acids is 1. The Labute approximate surface area is 98.4 Å².